The summed E-state index contributed by atoms with van der Waals surface area (Å²) in [5, 5.41) is 8.79. The van der Waals surface area contributed by atoms with Crippen LogP contribution in [0, 0.1) is 5.92 Å². The van der Waals surface area contributed by atoms with Crippen LogP contribution in [0.5, 0.6) is 0 Å². The highest BCUT2D eigenvalue weighted by molar-refractivity contribution is 5.89. The third-order valence-electron chi connectivity index (χ3n) is 3.10. The number of aliphatic hydroxyl groups is 1. The number of carbonyl (C=O) groups is 2. The van der Waals surface area contributed by atoms with Crippen molar-refractivity contribution in [3.05, 3.63) is 0 Å². The number of aliphatic hydroxyl groups excluding tert-OH is 1. The number of nitrogens with zero attached hydrogens (tertiary/aromatic N) is 2. The molecule has 5 nitrogen and oxygen atoms in total. The lowest BCUT2D eigenvalue weighted by molar-refractivity contribution is -0.135. The van der Waals surface area contributed by atoms with Crippen LogP contribution in [0.1, 0.15) is 27.2 Å². The molecule has 0 bridgehead atoms. The fourth-order valence-electron chi connectivity index (χ4n) is 2.09. The Hall–Kier alpha value is -1.10. The third kappa shape index (κ3) is 3.19. The van der Waals surface area contributed by atoms with Crippen LogP contribution in [0.4, 0.5) is 0 Å². The number of carbonyl (C=O) groups excluding carboxylic acids is 2. The van der Waals surface area contributed by atoms with Gasteiger partial charge >= 0.3 is 0 Å². The maximum Gasteiger partial charge on any atom is 0.227 e. The Labute approximate surface area is 102 Å². The first-order valence-electron chi connectivity index (χ1n) is 5.93. The molecule has 1 atom stereocenters. The van der Waals surface area contributed by atoms with Crippen LogP contribution in [0.15, 0.2) is 0 Å². The quantitative estimate of drug-likeness (QED) is 0.762. The Kier molecular flexibility index (Phi) is 4.14. The summed E-state index contributed by atoms with van der Waals surface area (Å²) in [7, 11) is 1.66. The van der Waals surface area contributed by atoms with Crippen LogP contribution >= 0.6 is 0 Å². The van der Waals surface area contributed by atoms with Gasteiger partial charge in [-0.05, 0) is 20.8 Å². The van der Waals surface area contributed by atoms with Gasteiger partial charge < -0.3 is 14.9 Å². The molecule has 1 rings (SSSR count). The zero-order valence-electron chi connectivity index (χ0n) is 11.1. The second kappa shape index (κ2) is 5.04. The van der Waals surface area contributed by atoms with E-state index in [9.17, 15) is 9.59 Å². The lowest BCUT2D eigenvalue weighted by Crippen LogP contribution is -2.43. The molecule has 1 saturated heterocycles. The molecule has 17 heavy (non-hydrogen) atoms. The van der Waals surface area contributed by atoms with Crippen molar-refractivity contribution in [3.8, 4) is 0 Å². The standard InChI is InChI=1S/C12H22N2O3/c1-12(2,3)14-8-9(7-10(14)16)11(17)13(4)5-6-15/h9,15H,5-8H2,1-4H3. The first kappa shape index (κ1) is 14.0. The van der Waals surface area contributed by atoms with Crippen molar-refractivity contribution in [3.63, 3.8) is 0 Å². The highest BCUT2D eigenvalue weighted by atomic mass is 16.3. The van der Waals surface area contributed by atoms with E-state index in [4.69, 9.17) is 5.11 Å². The predicted molar refractivity (Wildman–Crippen MR) is 64.3 cm³/mol. The molecule has 1 aliphatic rings. The van der Waals surface area contributed by atoms with Gasteiger partial charge in [0.1, 0.15) is 0 Å². The monoisotopic (exact) mass is 242 g/mol. The molecule has 0 saturated carbocycles. The van der Waals surface area contributed by atoms with Crippen LogP contribution in [-0.4, -0.2) is 59.0 Å². The van der Waals surface area contributed by atoms with Crippen molar-refractivity contribution in [1.29, 1.82) is 0 Å². The first-order valence-corrected chi connectivity index (χ1v) is 5.93. The summed E-state index contributed by atoms with van der Waals surface area (Å²) in [5.41, 5.74) is -0.234. The highest BCUT2D eigenvalue weighted by Gasteiger charge is 2.40. The smallest absolute Gasteiger partial charge is 0.227 e. The van der Waals surface area contributed by atoms with Crippen LogP contribution in [0.25, 0.3) is 0 Å². The molecule has 0 aromatic heterocycles. The van der Waals surface area contributed by atoms with Gasteiger partial charge in [0.25, 0.3) is 0 Å². The molecule has 1 N–H and O–H groups in total. The second-order valence-electron chi connectivity index (χ2n) is 5.56. The molecule has 2 amide bonds. The molecule has 1 fully saturated rings. The summed E-state index contributed by atoms with van der Waals surface area (Å²) in [6.07, 6.45) is 0.284. The summed E-state index contributed by atoms with van der Waals surface area (Å²) in [4.78, 5) is 27.1. The van der Waals surface area contributed by atoms with E-state index in [2.05, 4.69) is 0 Å². The third-order valence-corrected chi connectivity index (χ3v) is 3.10. The van der Waals surface area contributed by atoms with Gasteiger partial charge in [0.15, 0.2) is 0 Å². The van der Waals surface area contributed by atoms with E-state index < -0.39 is 0 Å². The van der Waals surface area contributed by atoms with Crippen LogP contribution in [0.2, 0.25) is 0 Å². The SMILES string of the molecule is CN(CCO)C(=O)C1CC(=O)N(C(C)(C)C)C1. The molecule has 0 spiro atoms. The summed E-state index contributed by atoms with van der Waals surface area (Å²) < 4.78 is 0. The molecule has 0 aromatic carbocycles. The van der Waals surface area contributed by atoms with Gasteiger partial charge in [0.05, 0.1) is 12.5 Å². The maximum absolute atomic E-state index is 12.0. The zero-order chi connectivity index (χ0) is 13.2. The van der Waals surface area contributed by atoms with Gasteiger partial charge in [-0.1, -0.05) is 0 Å². The number of rotatable bonds is 3. The van der Waals surface area contributed by atoms with Crippen LogP contribution in [-0.2, 0) is 9.59 Å². The van der Waals surface area contributed by atoms with E-state index in [1.54, 1.807) is 11.9 Å². The minimum atomic E-state index is -0.265. The van der Waals surface area contributed by atoms with E-state index in [1.807, 2.05) is 20.8 Å². The summed E-state index contributed by atoms with van der Waals surface area (Å²) in [6, 6.07) is 0. The Morgan fingerprint density at radius 3 is 2.53 bits per heavy atom. The predicted octanol–water partition coefficient (Wildman–Crippen LogP) is 0.0841. The zero-order valence-corrected chi connectivity index (χ0v) is 11.1. The van der Waals surface area contributed by atoms with E-state index in [0.717, 1.165) is 0 Å². The molecule has 1 aliphatic heterocycles. The van der Waals surface area contributed by atoms with E-state index in [-0.39, 0.29) is 36.3 Å². The number of likely N-dealkylation sites (tertiary alicyclic amines) is 1. The van der Waals surface area contributed by atoms with Crippen molar-refractivity contribution < 1.29 is 14.7 Å². The van der Waals surface area contributed by atoms with Crippen molar-refractivity contribution in [2.45, 2.75) is 32.7 Å². The van der Waals surface area contributed by atoms with Crippen molar-refractivity contribution >= 4 is 11.8 Å². The second-order valence-corrected chi connectivity index (χ2v) is 5.56. The lowest BCUT2D eigenvalue weighted by atomic mass is 10.1. The fraction of sp³-hybridized carbons (Fsp3) is 0.833. The topological polar surface area (TPSA) is 60.9 Å². The van der Waals surface area contributed by atoms with E-state index in [0.29, 0.717) is 13.1 Å². The number of hydrogen-bond donors (Lipinski definition) is 1. The summed E-state index contributed by atoms with van der Waals surface area (Å²) in [6.45, 7) is 6.65. The van der Waals surface area contributed by atoms with Crippen LogP contribution in [0.3, 0.4) is 0 Å². The molecule has 1 heterocycles. The van der Waals surface area contributed by atoms with Crippen LogP contribution < -0.4 is 0 Å². The van der Waals surface area contributed by atoms with Crippen molar-refractivity contribution in [2.24, 2.45) is 5.92 Å². The maximum atomic E-state index is 12.0. The van der Waals surface area contributed by atoms with Gasteiger partial charge in [-0.25, -0.2) is 0 Å². The number of amides is 2. The number of hydrogen-bond acceptors (Lipinski definition) is 3. The lowest BCUT2D eigenvalue weighted by Gasteiger charge is -2.32. The largest absolute Gasteiger partial charge is 0.395 e. The Balaban J connectivity index is 2.66. The Morgan fingerprint density at radius 2 is 2.12 bits per heavy atom. The number of likely N-dealkylation sites (N-methyl/N-ethyl adjacent to an activating group) is 1. The minimum absolute atomic E-state index is 0.0354. The molecule has 98 valence electrons. The molecular formula is C12H22N2O3. The van der Waals surface area contributed by atoms with Crippen molar-refractivity contribution in [1.82, 2.24) is 9.80 Å². The molecule has 0 radical (unpaired) electrons. The highest BCUT2D eigenvalue weighted by Crippen LogP contribution is 2.26. The fourth-order valence-corrected chi connectivity index (χ4v) is 2.09. The molecule has 0 aromatic rings. The van der Waals surface area contributed by atoms with E-state index >= 15 is 0 Å². The van der Waals surface area contributed by atoms with Gasteiger partial charge in [-0.2, -0.15) is 0 Å². The average Bonchev–Trinajstić information content (AvgIpc) is 2.59. The van der Waals surface area contributed by atoms with Gasteiger partial charge in [0, 0.05) is 32.1 Å². The van der Waals surface area contributed by atoms with Gasteiger partial charge in [-0.15, -0.1) is 0 Å². The first-order chi connectivity index (χ1) is 7.77. The molecule has 1 unspecified atom stereocenters. The average molecular weight is 242 g/mol. The van der Waals surface area contributed by atoms with Crippen molar-refractivity contribution in [2.75, 3.05) is 26.7 Å². The minimum Gasteiger partial charge on any atom is -0.395 e. The molecule has 0 aliphatic carbocycles. The van der Waals surface area contributed by atoms with E-state index in [1.165, 1.54) is 4.90 Å². The molecular weight excluding hydrogens is 220 g/mol. The van der Waals surface area contributed by atoms with Gasteiger partial charge in [0.2, 0.25) is 11.8 Å². The Bertz CT molecular complexity index is 309. The van der Waals surface area contributed by atoms with Gasteiger partial charge in [-0.3, -0.25) is 9.59 Å². The molecule has 5 heteroatoms. The normalized spacial score (nSPS) is 20.9. The Morgan fingerprint density at radius 1 is 1.53 bits per heavy atom. The summed E-state index contributed by atoms with van der Waals surface area (Å²) in [5.74, 6) is -0.286. The summed E-state index contributed by atoms with van der Waals surface area (Å²) >= 11 is 0.